The maximum atomic E-state index is 13.6. The predicted octanol–water partition coefficient (Wildman–Crippen LogP) is 3.87. The lowest BCUT2D eigenvalue weighted by molar-refractivity contribution is -0.115. The van der Waals surface area contributed by atoms with Crippen molar-refractivity contribution in [1.82, 2.24) is 10.2 Å². The fourth-order valence-corrected chi connectivity index (χ4v) is 3.65. The minimum atomic E-state index is -0.475. The van der Waals surface area contributed by atoms with Crippen LogP contribution in [0.3, 0.4) is 0 Å². The van der Waals surface area contributed by atoms with Crippen LogP contribution in [0.5, 0.6) is 0 Å². The molecule has 2 rings (SSSR count). The van der Waals surface area contributed by atoms with E-state index in [1.54, 1.807) is 13.0 Å². The second-order valence-corrected chi connectivity index (χ2v) is 7.65. The van der Waals surface area contributed by atoms with E-state index in [0.717, 1.165) is 9.35 Å². The number of hydrogen-bond donors (Lipinski definition) is 1. The SMILES string of the molecule is Cc1nnc(S[C@@H](C)C(=O)Nc2ccc(Br)cc2F)s1. The maximum absolute atomic E-state index is 13.6. The van der Waals surface area contributed by atoms with Gasteiger partial charge in [0, 0.05) is 4.47 Å². The first kappa shape index (κ1) is 15.4. The molecule has 0 radical (unpaired) electrons. The summed E-state index contributed by atoms with van der Waals surface area (Å²) in [6.45, 7) is 3.59. The summed E-state index contributed by atoms with van der Waals surface area (Å²) in [6, 6.07) is 4.50. The van der Waals surface area contributed by atoms with Crippen molar-refractivity contribution >= 4 is 50.6 Å². The summed E-state index contributed by atoms with van der Waals surface area (Å²) in [6.07, 6.45) is 0. The second-order valence-electron chi connectivity index (χ2n) is 3.96. The average Bonchev–Trinajstić information content (AvgIpc) is 2.78. The van der Waals surface area contributed by atoms with Gasteiger partial charge in [-0.25, -0.2) is 4.39 Å². The van der Waals surface area contributed by atoms with Gasteiger partial charge in [-0.3, -0.25) is 4.79 Å². The number of halogens is 2. The number of carbonyl (C=O) groups excluding carboxylic acids is 1. The molecule has 1 aromatic heterocycles. The standard InChI is InChI=1S/C12H11BrFN3OS2/c1-6(19-12-17-16-7(2)20-12)11(18)15-10-4-3-8(13)5-9(10)14/h3-6H,1-2H3,(H,15,18)/t6-/m0/s1. The molecule has 0 fully saturated rings. The molecule has 2 aromatic rings. The molecule has 0 spiro atoms. The topological polar surface area (TPSA) is 54.9 Å². The van der Waals surface area contributed by atoms with E-state index in [9.17, 15) is 9.18 Å². The minimum Gasteiger partial charge on any atom is -0.323 e. The molecule has 20 heavy (non-hydrogen) atoms. The lowest BCUT2D eigenvalue weighted by Gasteiger charge is -2.11. The fourth-order valence-electron chi connectivity index (χ4n) is 1.36. The van der Waals surface area contributed by atoms with Crippen molar-refractivity contribution in [1.29, 1.82) is 0 Å². The molecular weight excluding hydrogens is 365 g/mol. The van der Waals surface area contributed by atoms with Crippen LogP contribution in [-0.2, 0) is 4.79 Å². The number of aryl methyl sites for hydroxylation is 1. The highest BCUT2D eigenvalue weighted by atomic mass is 79.9. The number of nitrogens with one attached hydrogen (secondary N) is 1. The van der Waals surface area contributed by atoms with Crippen LogP contribution in [0, 0.1) is 12.7 Å². The van der Waals surface area contributed by atoms with Gasteiger partial charge in [-0.2, -0.15) is 0 Å². The van der Waals surface area contributed by atoms with Crippen molar-refractivity contribution in [3.8, 4) is 0 Å². The van der Waals surface area contributed by atoms with Crippen LogP contribution in [0.4, 0.5) is 10.1 Å². The summed E-state index contributed by atoms with van der Waals surface area (Å²) in [7, 11) is 0. The molecular formula is C12H11BrFN3OS2. The van der Waals surface area contributed by atoms with E-state index in [2.05, 4.69) is 31.4 Å². The van der Waals surface area contributed by atoms with Crippen molar-refractivity contribution in [2.24, 2.45) is 0 Å². The highest BCUT2D eigenvalue weighted by Crippen LogP contribution is 2.27. The third-order valence-electron chi connectivity index (χ3n) is 2.34. The molecule has 0 unspecified atom stereocenters. The number of nitrogens with zero attached hydrogens (tertiary/aromatic N) is 2. The Bertz CT molecular complexity index is 635. The first-order chi connectivity index (χ1) is 9.45. The number of aromatic nitrogens is 2. The van der Waals surface area contributed by atoms with Crippen molar-refractivity contribution in [2.75, 3.05) is 5.32 Å². The van der Waals surface area contributed by atoms with Gasteiger partial charge in [0.25, 0.3) is 0 Å². The molecule has 0 aliphatic rings. The monoisotopic (exact) mass is 375 g/mol. The average molecular weight is 376 g/mol. The zero-order valence-corrected chi connectivity index (χ0v) is 13.9. The van der Waals surface area contributed by atoms with Crippen LogP contribution in [0.15, 0.2) is 27.0 Å². The quantitative estimate of drug-likeness (QED) is 0.824. The van der Waals surface area contributed by atoms with Crippen LogP contribution in [-0.4, -0.2) is 21.4 Å². The Morgan fingerprint density at radius 2 is 2.25 bits per heavy atom. The van der Waals surface area contributed by atoms with Crippen LogP contribution < -0.4 is 5.32 Å². The lowest BCUT2D eigenvalue weighted by atomic mass is 10.3. The number of carbonyl (C=O) groups is 1. The van der Waals surface area contributed by atoms with E-state index >= 15 is 0 Å². The van der Waals surface area contributed by atoms with E-state index < -0.39 is 5.82 Å². The predicted molar refractivity (Wildman–Crippen MR) is 82.7 cm³/mol. The largest absolute Gasteiger partial charge is 0.323 e. The number of amides is 1. The smallest absolute Gasteiger partial charge is 0.237 e. The van der Waals surface area contributed by atoms with Crippen molar-refractivity contribution in [2.45, 2.75) is 23.4 Å². The summed E-state index contributed by atoms with van der Waals surface area (Å²) < 4.78 is 15.0. The third-order valence-corrected chi connectivity index (χ3v) is 4.86. The molecule has 0 aliphatic heterocycles. The Kier molecular flexibility index (Phi) is 5.11. The molecule has 8 heteroatoms. The van der Waals surface area contributed by atoms with Crippen LogP contribution >= 0.6 is 39.0 Å². The van der Waals surface area contributed by atoms with Crippen LogP contribution in [0.2, 0.25) is 0 Å². The number of anilines is 1. The van der Waals surface area contributed by atoms with Gasteiger partial charge >= 0.3 is 0 Å². The normalized spacial score (nSPS) is 12.2. The van der Waals surface area contributed by atoms with Gasteiger partial charge in [-0.15, -0.1) is 10.2 Å². The van der Waals surface area contributed by atoms with E-state index in [4.69, 9.17) is 0 Å². The molecule has 4 nitrogen and oxygen atoms in total. The molecule has 1 aromatic carbocycles. The van der Waals surface area contributed by atoms with Gasteiger partial charge in [0.15, 0.2) is 4.34 Å². The van der Waals surface area contributed by atoms with Gasteiger partial charge in [0.2, 0.25) is 5.91 Å². The Hall–Kier alpha value is -0.990. The summed E-state index contributed by atoms with van der Waals surface area (Å²) in [5, 5.41) is 10.9. The van der Waals surface area contributed by atoms with Gasteiger partial charge < -0.3 is 5.32 Å². The van der Waals surface area contributed by atoms with Crippen molar-refractivity contribution in [3.05, 3.63) is 33.5 Å². The first-order valence-electron chi connectivity index (χ1n) is 5.68. The zero-order chi connectivity index (χ0) is 14.7. The van der Waals surface area contributed by atoms with Gasteiger partial charge in [0.05, 0.1) is 10.9 Å². The minimum absolute atomic E-state index is 0.166. The maximum Gasteiger partial charge on any atom is 0.237 e. The van der Waals surface area contributed by atoms with Crippen molar-refractivity contribution < 1.29 is 9.18 Å². The number of thioether (sulfide) groups is 1. The molecule has 1 atom stereocenters. The molecule has 1 amide bonds. The third kappa shape index (κ3) is 4.00. The van der Waals surface area contributed by atoms with E-state index in [1.165, 1.54) is 35.2 Å². The highest BCUT2D eigenvalue weighted by molar-refractivity contribution is 9.10. The summed E-state index contributed by atoms with van der Waals surface area (Å²) in [5.41, 5.74) is 0.166. The van der Waals surface area contributed by atoms with Crippen molar-refractivity contribution in [3.63, 3.8) is 0 Å². The molecule has 1 heterocycles. The van der Waals surface area contributed by atoms with Gasteiger partial charge in [-0.05, 0) is 32.0 Å². The molecule has 0 bridgehead atoms. The molecule has 106 valence electrons. The number of hydrogen-bond acceptors (Lipinski definition) is 5. The highest BCUT2D eigenvalue weighted by Gasteiger charge is 2.18. The molecule has 0 saturated heterocycles. The number of rotatable bonds is 4. The Labute approximate surface area is 132 Å². The Morgan fingerprint density at radius 3 is 2.85 bits per heavy atom. The Morgan fingerprint density at radius 1 is 1.50 bits per heavy atom. The molecule has 0 aliphatic carbocycles. The summed E-state index contributed by atoms with van der Waals surface area (Å²) >= 11 is 5.89. The van der Waals surface area contributed by atoms with Crippen LogP contribution in [0.25, 0.3) is 0 Å². The van der Waals surface area contributed by atoms with E-state index in [0.29, 0.717) is 4.47 Å². The Balaban J connectivity index is 2.00. The summed E-state index contributed by atoms with van der Waals surface area (Å²) in [5.74, 6) is -0.749. The van der Waals surface area contributed by atoms with E-state index in [1.807, 2.05) is 6.92 Å². The second kappa shape index (κ2) is 6.64. The van der Waals surface area contributed by atoms with Gasteiger partial charge in [-0.1, -0.05) is 39.0 Å². The summed E-state index contributed by atoms with van der Waals surface area (Å²) in [4.78, 5) is 12.0. The van der Waals surface area contributed by atoms with Gasteiger partial charge in [0.1, 0.15) is 10.8 Å². The van der Waals surface area contributed by atoms with E-state index in [-0.39, 0.29) is 16.8 Å². The first-order valence-corrected chi connectivity index (χ1v) is 8.17. The van der Waals surface area contributed by atoms with Crippen LogP contribution in [0.1, 0.15) is 11.9 Å². The lowest BCUT2D eigenvalue weighted by Crippen LogP contribution is -2.22. The number of benzene rings is 1. The zero-order valence-electron chi connectivity index (χ0n) is 10.7. The molecule has 1 N–H and O–H groups in total. The fraction of sp³-hybridized carbons (Fsp3) is 0.250. The molecule has 0 saturated carbocycles.